The topological polar surface area (TPSA) is 99.7 Å². The SMILES string of the molecule is CN[C@@H](CNC(=O)c1ccc(C)c(C(OCCNC(=O)O)c2cccc(Cl)c2)c1)CC1CCCCC1. The van der Waals surface area contributed by atoms with Crippen LogP contribution in [0, 0.1) is 12.8 Å². The molecule has 0 saturated heterocycles. The second-order valence-electron chi connectivity index (χ2n) is 9.54. The normalized spacial score (nSPS) is 15.8. The molecule has 0 aliphatic heterocycles. The van der Waals surface area contributed by atoms with Crippen LogP contribution in [-0.2, 0) is 4.74 Å². The first-order chi connectivity index (χ1) is 17.4. The van der Waals surface area contributed by atoms with Crippen LogP contribution in [0.25, 0.3) is 0 Å². The fourth-order valence-corrected chi connectivity index (χ4v) is 5.08. The largest absolute Gasteiger partial charge is 0.465 e. The van der Waals surface area contributed by atoms with Crippen molar-refractivity contribution in [2.45, 2.75) is 57.6 Å². The van der Waals surface area contributed by atoms with Gasteiger partial charge in [-0.3, -0.25) is 4.79 Å². The van der Waals surface area contributed by atoms with E-state index >= 15 is 0 Å². The Morgan fingerprint density at radius 1 is 1.11 bits per heavy atom. The molecule has 1 aliphatic carbocycles. The molecule has 0 heterocycles. The summed E-state index contributed by atoms with van der Waals surface area (Å²) in [5.74, 6) is 0.600. The van der Waals surface area contributed by atoms with Gasteiger partial charge < -0.3 is 25.8 Å². The maximum Gasteiger partial charge on any atom is 0.404 e. The molecule has 0 radical (unpaired) electrons. The van der Waals surface area contributed by atoms with Crippen molar-refractivity contribution in [2.24, 2.45) is 5.92 Å². The minimum atomic E-state index is -1.10. The predicted molar refractivity (Wildman–Crippen MR) is 143 cm³/mol. The van der Waals surface area contributed by atoms with Crippen molar-refractivity contribution in [1.29, 1.82) is 0 Å². The summed E-state index contributed by atoms with van der Waals surface area (Å²) in [7, 11) is 1.95. The summed E-state index contributed by atoms with van der Waals surface area (Å²) in [4.78, 5) is 23.9. The van der Waals surface area contributed by atoms with Crippen molar-refractivity contribution in [3.8, 4) is 0 Å². The minimum absolute atomic E-state index is 0.127. The lowest BCUT2D eigenvalue weighted by Crippen LogP contribution is -2.40. The van der Waals surface area contributed by atoms with Crippen LogP contribution in [0.1, 0.15) is 71.7 Å². The van der Waals surface area contributed by atoms with Crippen LogP contribution in [0.3, 0.4) is 0 Å². The average molecular weight is 516 g/mol. The number of halogens is 1. The van der Waals surface area contributed by atoms with E-state index in [2.05, 4.69) is 16.0 Å². The number of carboxylic acid groups (broad SMARTS) is 1. The zero-order chi connectivity index (χ0) is 25.9. The number of carbonyl (C=O) groups excluding carboxylic acids is 1. The highest BCUT2D eigenvalue weighted by atomic mass is 35.5. The standard InChI is InChI=1S/C28H38ClN3O4/c1-19-11-12-22(27(33)32-18-24(30-2)15-20-7-4-3-5-8-20)17-25(19)26(36-14-13-31-28(34)35)21-9-6-10-23(29)16-21/h6,9-12,16-17,20,24,26,30-31H,3-5,7-8,13-15,18H2,1-2H3,(H,32,33)(H,34,35)/t24-,26?/m1/s1. The van der Waals surface area contributed by atoms with Gasteiger partial charge in [-0.05, 0) is 67.3 Å². The van der Waals surface area contributed by atoms with E-state index < -0.39 is 12.2 Å². The minimum Gasteiger partial charge on any atom is -0.465 e. The highest BCUT2D eigenvalue weighted by molar-refractivity contribution is 6.30. The van der Waals surface area contributed by atoms with Crippen molar-refractivity contribution in [1.82, 2.24) is 16.0 Å². The van der Waals surface area contributed by atoms with E-state index in [0.29, 0.717) is 17.1 Å². The zero-order valence-electron chi connectivity index (χ0n) is 21.2. The summed E-state index contributed by atoms with van der Waals surface area (Å²) < 4.78 is 6.11. The van der Waals surface area contributed by atoms with Gasteiger partial charge in [0.15, 0.2) is 0 Å². The van der Waals surface area contributed by atoms with Crippen LogP contribution >= 0.6 is 11.6 Å². The van der Waals surface area contributed by atoms with Gasteiger partial charge in [0, 0.05) is 29.7 Å². The van der Waals surface area contributed by atoms with E-state index in [1.54, 1.807) is 6.07 Å². The number of amides is 2. The quantitative estimate of drug-likeness (QED) is 0.287. The van der Waals surface area contributed by atoms with Gasteiger partial charge in [-0.15, -0.1) is 0 Å². The average Bonchev–Trinajstić information content (AvgIpc) is 2.87. The van der Waals surface area contributed by atoms with Crippen molar-refractivity contribution in [2.75, 3.05) is 26.7 Å². The Kier molecular flexibility index (Phi) is 11.0. The lowest BCUT2D eigenvalue weighted by atomic mass is 9.85. The number of carbonyl (C=O) groups is 2. The van der Waals surface area contributed by atoms with Crippen LogP contribution in [0.2, 0.25) is 5.02 Å². The second-order valence-corrected chi connectivity index (χ2v) is 9.98. The Morgan fingerprint density at radius 2 is 1.89 bits per heavy atom. The van der Waals surface area contributed by atoms with E-state index in [4.69, 9.17) is 21.4 Å². The third-order valence-electron chi connectivity index (χ3n) is 6.90. The Balaban J connectivity index is 1.72. The van der Waals surface area contributed by atoms with Crippen molar-refractivity contribution in [3.63, 3.8) is 0 Å². The fourth-order valence-electron chi connectivity index (χ4n) is 4.88. The zero-order valence-corrected chi connectivity index (χ0v) is 21.9. The molecule has 4 N–H and O–H groups in total. The van der Waals surface area contributed by atoms with Crippen LogP contribution in [-0.4, -0.2) is 49.9 Å². The first-order valence-electron chi connectivity index (χ1n) is 12.8. The number of benzene rings is 2. The third kappa shape index (κ3) is 8.50. The monoisotopic (exact) mass is 515 g/mol. The molecular formula is C28H38ClN3O4. The molecule has 2 atom stereocenters. The Bertz CT molecular complexity index is 1010. The van der Waals surface area contributed by atoms with E-state index in [9.17, 15) is 9.59 Å². The smallest absolute Gasteiger partial charge is 0.404 e. The summed E-state index contributed by atoms with van der Waals surface area (Å²) in [6, 6.07) is 13.2. The van der Waals surface area contributed by atoms with E-state index in [0.717, 1.165) is 29.0 Å². The first-order valence-corrected chi connectivity index (χ1v) is 13.1. The fraction of sp³-hybridized carbons (Fsp3) is 0.500. The van der Waals surface area contributed by atoms with Crippen LogP contribution in [0.5, 0.6) is 0 Å². The number of hydrogen-bond donors (Lipinski definition) is 4. The Labute approximate surface area is 219 Å². The summed E-state index contributed by atoms with van der Waals surface area (Å²) >= 11 is 6.24. The highest BCUT2D eigenvalue weighted by Crippen LogP contribution is 2.31. The number of aryl methyl sites for hydroxylation is 1. The lowest BCUT2D eigenvalue weighted by Gasteiger charge is -2.26. The maximum atomic E-state index is 13.1. The molecule has 196 valence electrons. The molecule has 1 unspecified atom stereocenters. The van der Waals surface area contributed by atoms with E-state index in [-0.39, 0.29) is 25.1 Å². The molecule has 1 saturated carbocycles. The molecule has 0 bridgehead atoms. The maximum absolute atomic E-state index is 13.1. The van der Waals surface area contributed by atoms with Gasteiger partial charge in [-0.25, -0.2) is 4.79 Å². The number of ether oxygens (including phenoxy) is 1. The molecule has 0 aromatic heterocycles. The van der Waals surface area contributed by atoms with E-state index in [1.165, 1.54) is 32.1 Å². The van der Waals surface area contributed by atoms with Crippen molar-refractivity contribution in [3.05, 3.63) is 69.7 Å². The summed E-state index contributed by atoms with van der Waals surface area (Å²) in [6.07, 6.45) is 5.98. The number of hydrogen-bond acceptors (Lipinski definition) is 4. The summed E-state index contributed by atoms with van der Waals surface area (Å²) in [6.45, 7) is 2.86. The van der Waals surface area contributed by atoms with Gasteiger partial charge in [0.1, 0.15) is 6.10 Å². The molecule has 3 rings (SSSR count). The molecule has 2 aromatic rings. The first kappa shape index (κ1) is 28.0. The van der Waals surface area contributed by atoms with Gasteiger partial charge in [0.25, 0.3) is 5.91 Å². The van der Waals surface area contributed by atoms with Gasteiger partial charge in [-0.1, -0.05) is 61.9 Å². The number of likely N-dealkylation sites (N-methyl/N-ethyl adjacent to an activating group) is 1. The number of nitrogens with one attached hydrogen (secondary N) is 3. The molecule has 2 aromatic carbocycles. The van der Waals surface area contributed by atoms with Crippen LogP contribution in [0.4, 0.5) is 4.79 Å². The Morgan fingerprint density at radius 3 is 2.58 bits per heavy atom. The molecule has 36 heavy (non-hydrogen) atoms. The van der Waals surface area contributed by atoms with Crippen molar-refractivity contribution < 1.29 is 19.4 Å². The summed E-state index contributed by atoms with van der Waals surface area (Å²) in [5.41, 5.74) is 3.20. The highest BCUT2D eigenvalue weighted by Gasteiger charge is 2.21. The summed E-state index contributed by atoms with van der Waals surface area (Å²) in [5, 5.41) is 18.2. The Hall–Kier alpha value is -2.61. The molecule has 7 nitrogen and oxygen atoms in total. The van der Waals surface area contributed by atoms with Gasteiger partial charge in [0.05, 0.1) is 6.61 Å². The van der Waals surface area contributed by atoms with Crippen LogP contribution < -0.4 is 16.0 Å². The van der Waals surface area contributed by atoms with Crippen LogP contribution in [0.15, 0.2) is 42.5 Å². The molecule has 1 aliphatic rings. The van der Waals surface area contributed by atoms with Gasteiger partial charge in [-0.2, -0.15) is 0 Å². The van der Waals surface area contributed by atoms with Crippen molar-refractivity contribution >= 4 is 23.6 Å². The molecule has 2 amide bonds. The predicted octanol–water partition coefficient (Wildman–Crippen LogP) is 5.31. The van der Waals surface area contributed by atoms with Gasteiger partial charge in [0.2, 0.25) is 0 Å². The molecular weight excluding hydrogens is 478 g/mol. The molecule has 0 spiro atoms. The van der Waals surface area contributed by atoms with Gasteiger partial charge >= 0.3 is 6.09 Å². The second kappa shape index (κ2) is 14.2. The third-order valence-corrected chi connectivity index (χ3v) is 7.13. The molecule has 8 heteroatoms. The number of rotatable bonds is 12. The van der Waals surface area contributed by atoms with E-state index in [1.807, 2.05) is 50.4 Å². The molecule has 1 fully saturated rings. The lowest BCUT2D eigenvalue weighted by molar-refractivity contribution is 0.0809.